The Morgan fingerprint density at radius 1 is 1.04 bits per heavy atom. The van der Waals surface area contributed by atoms with Crippen molar-refractivity contribution in [1.29, 1.82) is 0 Å². The quantitative estimate of drug-likeness (QED) is 0.656. The molecule has 0 fully saturated rings. The average molecular weight is 354 g/mol. The van der Waals surface area contributed by atoms with E-state index in [0.717, 1.165) is 41.9 Å². The average Bonchev–Trinajstić information content (AvgIpc) is 2.67. The molecule has 0 bridgehead atoms. The first-order valence-corrected chi connectivity index (χ1v) is 8.48. The van der Waals surface area contributed by atoms with Crippen LogP contribution in [0.25, 0.3) is 0 Å². The lowest BCUT2D eigenvalue weighted by atomic mass is 9.87. The third kappa shape index (κ3) is 3.79. The topological polar surface area (TPSA) is 69.2 Å². The zero-order valence-corrected chi connectivity index (χ0v) is 15.2. The molecule has 1 N–H and O–H groups in total. The fourth-order valence-electron chi connectivity index (χ4n) is 3.12. The Labute approximate surface area is 152 Å². The number of benzene rings is 2. The molecule has 6 heteroatoms. The molecule has 1 aliphatic carbocycles. The molecule has 3 rings (SSSR count). The lowest BCUT2D eigenvalue weighted by Gasteiger charge is -2.20. The lowest BCUT2D eigenvalue weighted by Crippen LogP contribution is -2.17. The second-order valence-electron chi connectivity index (χ2n) is 6.04. The van der Waals surface area contributed by atoms with Crippen LogP contribution in [0.4, 0.5) is 10.5 Å². The van der Waals surface area contributed by atoms with E-state index >= 15 is 0 Å². The molecule has 0 spiro atoms. The number of hydrogen-bond donors (Lipinski definition) is 1. The Hall–Kier alpha value is -3.02. The molecule has 0 radical (unpaired) electrons. The summed E-state index contributed by atoms with van der Waals surface area (Å²) in [5.41, 5.74) is 4.72. The molecule has 0 unspecified atom stereocenters. The van der Waals surface area contributed by atoms with Crippen molar-refractivity contribution in [2.45, 2.75) is 26.2 Å². The third-order valence-corrected chi connectivity index (χ3v) is 4.50. The summed E-state index contributed by atoms with van der Waals surface area (Å²) < 4.78 is 10.5. The first-order chi connectivity index (χ1) is 12.6. The molecule has 0 atom stereocenters. The number of methoxy groups -OCH3 is 2. The van der Waals surface area contributed by atoms with Gasteiger partial charge in [-0.1, -0.05) is 5.16 Å². The number of nitrogens with zero attached hydrogens (tertiary/aromatic N) is 1. The van der Waals surface area contributed by atoms with E-state index in [9.17, 15) is 4.79 Å². The Kier molecular flexibility index (Phi) is 5.41. The van der Waals surface area contributed by atoms with Crippen LogP contribution in [0.3, 0.4) is 0 Å². The maximum Gasteiger partial charge on any atom is 0.437 e. The Balaban J connectivity index is 1.71. The van der Waals surface area contributed by atoms with Gasteiger partial charge in [-0.25, -0.2) is 4.79 Å². The van der Waals surface area contributed by atoms with Crippen LogP contribution in [-0.2, 0) is 11.3 Å². The zero-order valence-electron chi connectivity index (χ0n) is 15.2. The van der Waals surface area contributed by atoms with E-state index < -0.39 is 6.09 Å². The van der Waals surface area contributed by atoms with Crippen LogP contribution in [0.1, 0.15) is 29.5 Å². The number of carbonyl (C=O) groups excluding carboxylic acids is 1. The highest BCUT2D eigenvalue weighted by molar-refractivity contribution is 6.03. The summed E-state index contributed by atoms with van der Waals surface area (Å²) >= 11 is 0. The van der Waals surface area contributed by atoms with Crippen LogP contribution in [0.2, 0.25) is 0 Å². The number of anilines is 1. The normalized spacial score (nSPS) is 14.5. The minimum absolute atomic E-state index is 0.612. The Morgan fingerprint density at radius 2 is 1.81 bits per heavy atom. The molecule has 26 heavy (non-hydrogen) atoms. The summed E-state index contributed by atoms with van der Waals surface area (Å²) in [5.74, 6) is 1.58. The molecule has 1 amide bonds. The van der Waals surface area contributed by atoms with Crippen LogP contribution in [0, 0.1) is 6.92 Å². The highest BCUT2D eigenvalue weighted by Gasteiger charge is 2.20. The minimum Gasteiger partial charge on any atom is -0.497 e. The van der Waals surface area contributed by atoms with Gasteiger partial charge in [-0.2, -0.15) is 0 Å². The second-order valence-corrected chi connectivity index (χ2v) is 6.04. The number of carbonyl (C=O) groups is 1. The van der Waals surface area contributed by atoms with Crippen molar-refractivity contribution in [3.05, 3.63) is 53.1 Å². The number of fused-ring (bicyclic) bond motifs is 1. The molecule has 0 heterocycles. The van der Waals surface area contributed by atoms with Gasteiger partial charge in [0.1, 0.15) is 11.5 Å². The molecular weight excluding hydrogens is 332 g/mol. The van der Waals surface area contributed by atoms with Crippen LogP contribution < -0.4 is 14.8 Å². The van der Waals surface area contributed by atoms with Crippen LogP contribution in [0.5, 0.6) is 11.5 Å². The first-order valence-electron chi connectivity index (χ1n) is 8.48. The van der Waals surface area contributed by atoms with Gasteiger partial charge in [-0.05, 0) is 73.7 Å². The zero-order chi connectivity index (χ0) is 18.5. The van der Waals surface area contributed by atoms with Crippen molar-refractivity contribution in [2.75, 3.05) is 19.5 Å². The van der Waals surface area contributed by atoms with E-state index in [2.05, 4.69) is 10.5 Å². The SMILES string of the molecule is COc1ccc(NC(=O)O/N=C2\CCCc3c2ccc(OC)c3C)cc1. The summed E-state index contributed by atoms with van der Waals surface area (Å²) in [4.78, 5) is 17.1. The fraction of sp³-hybridized carbons (Fsp3) is 0.300. The van der Waals surface area contributed by atoms with Crippen LogP contribution in [-0.4, -0.2) is 26.0 Å². The van der Waals surface area contributed by atoms with Gasteiger partial charge >= 0.3 is 6.09 Å². The van der Waals surface area contributed by atoms with Gasteiger partial charge in [-0.15, -0.1) is 0 Å². The summed E-state index contributed by atoms with van der Waals surface area (Å²) in [5, 5.41) is 6.73. The van der Waals surface area contributed by atoms with E-state index in [1.165, 1.54) is 5.56 Å². The minimum atomic E-state index is -0.625. The number of rotatable bonds is 4. The standard InChI is InChI=1S/C20H22N2O4/c1-13-16-5-4-6-18(17(16)11-12-19(13)25-3)22-26-20(23)21-14-7-9-15(24-2)10-8-14/h7-12H,4-6H2,1-3H3,(H,21,23)/b22-18+. The van der Waals surface area contributed by atoms with Crippen LogP contribution >= 0.6 is 0 Å². The highest BCUT2D eigenvalue weighted by Crippen LogP contribution is 2.30. The molecule has 0 aromatic heterocycles. The van der Waals surface area contributed by atoms with E-state index in [0.29, 0.717) is 11.4 Å². The molecule has 0 saturated heterocycles. The summed E-state index contributed by atoms with van der Waals surface area (Å²) in [6, 6.07) is 10.9. The van der Waals surface area contributed by atoms with Gasteiger partial charge in [0.25, 0.3) is 0 Å². The molecular formula is C20H22N2O4. The smallest absolute Gasteiger partial charge is 0.437 e. The summed E-state index contributed by atoms with van der Waals surface area (Å²) in [6.45, 7) is 2.04. The maximum atomic E-state index is 12.0. The second kappa shape index (κ2) is 7.91. The van der Waals surface area contributed by atoms with Gasteiger partial charge in [0.05, 0.1) is 19.9 Å². The molecule has 0 aliphatic heterocycles. The maximum absolute atomic E-state index is 12.0. The monoisotopic (exact) mass is 354 g/mol. The predicted molar refractivity (Wildman–Crippen MR) is 100 cm³/mol. The Morgan fingerprint density at radius 3 is 2.50 bits per heavy atom. The van der Waals surface area contributed by atoms with E-state index in [1.807, 2.05) is 19.1 Å². The predicted octanol–water partition coefficient (Wildman–Crippen LogP) is 4.30. The molecule has 2 aromatic rings. The van der Waals surface area contributed by atoms with Crippen molar-refractivity contribution in [3.63, 3.8) is 0 Å². The van der Waals surface area contributed by atoms with E-state index in [-0.39, 0.29) is 0 Å². The van der Waals surface area contributed by atoms with Crippen molar-refractivity contribution < 1.29 is 19.1 Å². The summed E-state index contributed by atoms with van der Waals surface area (Å²) in [7, 11) is 3.26. The fourth-order valence-corrected chi connectivity index (χ4v) is 3.12. The van der Waals surface area contributed by atoms with Crippen molar-refractivity contribution in [3.8, 4) is 11.5 Å². The van der Waals surface area contributed by atoms with Gasteiger partial charge in [0.15, 0.2) is 0 Å². The molecule has 1 aliphatic rings. The molecule has 0 saturated carbocycles. The van der Waals surface area contributed by atoms with Crippen LogP contribution in [0.15, 0.2) is 41.6 Å². The highest BCUT2D eigenvalue weighted by atomic mass is 16.7. The number of amides is 1. The number of oxime groups is 1. The number of hydrogen-bond acceptors (Lipinski definition) is 5. The van der Waals surface area contributed by atoms with Gasteiger partial charge < -0.3 is 9.47 Å². The lowest BCUT2D eigenvalue weighted by molar-refractivity contribution is 0.166. The van der Waals surface area contributed by atoms with Crippen molar-refractivity contribution in [2.24, 2.45) is 5.16 Å². The molecule has 136 valence electrons. The summed E-state index contributed by atoms with van der Waals surface area (Å²) in [6.07, 6.45) is 2.08. The van der Waals surface area contributed by atoms with Gasteiger partial charge in [-0.3, -0.25) is 10.2 Å². The number of ether oxygens (including phenoxy) is 2. The first kappa shape index (κ1) is 17.8. The Bertz CT molecular complexity index is 828. The van der Waals surface area contributed by atoms with Gasteiger partial charge in [0.2, 0.25) is 0 Å². The van der Waals surface area contributed by atoms with Gasteiger partial charge in [0, 0.05) is 11.3 Å². The van der Waals surface area contributed by atoms with Crippen molar-refractivity contribution in [1.82, 2.24) is 0 Å². The van der Waals surface area contributed by atoms with E-state index in [4.69, 9.17) is 14.3 Å². The van der Waals surface area contributed by atoms with E-state index in [1.54, 1.807) is 38.5 Å². The molecule has 6 nitrogen and oxygen atoms in total. The number of nitrogens with one attached hydrogen (secondary N) is 1. The third-order valence-electron chi connectivity index (χ3n) is 4.50. The van der Waals surface area contributed by atoms with Crippen molar-refractivity contribution >= 4 is 17.5 Å². The largest absolute Gasteiger partial charge is 0.497 e. The molecule has 2 aromatic carbocycles.